The molecule has 0 saturated heterocycles. The Labute approximate surface area is 156 Å². The average molecular weight is 402 g/mol. The number of anilines is 1. The van der Waals surface area contributed by atoms with Crippen molar-refractivity contribution >= 4 is 17.6 Å². The summed E-state index contributed by atoms with van der Waals surface area (Å²) in [5, 5.41) is 3.98. The number of esters is 1. The molecule has 0 bridgehead atoms. The molecule has 2 aromatic carbocycles. The minimum Gasteiger partial charge on any atom is -0.468 e. The first kappa shape index (κ1) is 21.1. The lowest BCUT2D eigenvalue weighted by Crippen LogP contribution is -2.31. The van der Waals surface area contributed by atoms with Crippen molar-refractivity contribution in [3.8, 4) is 0 Å². The fraction of sp³-hybridized carbons (Fsp3) is 0.222. The van der Waals surface area contributed by atoms with E-state index in [1.54, 1.807) is 0 Å². The van der Waals surface area contributed by atoms with Crippen molar-refractivity contribution in [3.05, 3.63) is 65.2 Å². The zero-order valence-corrected chi connectivity index (χ0v) is 14.4. The van der Waals surface area contributed by atoms with E-state index in [9.17, 15) is 31.5 Å². The van der Waals surface area contributed by atoms with Crippen molar-refractivity contribution in [2.45, 2.75) is 12.2 Å². The van der Waals surface area contributed by atoms with E-state index in [1.807, 2.05) is 10.6 Å². The van der Waals surface area contributed by atoms with Crippen LogP contribution in [-0.2, 0) is 9.53 Å². The number of nitrogens with one attached hydrogen (secondary N) is 2. The maximum atomic E-state index is 14.2. The number of ether oxygens (including phenoxy) is 1. The van der Waals surface area contributed by atoms with E-state index in [-0.39, 0.29) is 5.56 Å². The third-order valence-electron chi connectivity index (χ3n) is 3.66. The molecule has 0 aromatic heterocycles. The van der Waals surface area contributed by atoms with E-state index in [0.29, 0.717) is 12.1 Å². The number of amides is 1. The minimum atomic E-state index is -4.75. The van der Waals surface area contributed by atoms with E-state index >= 15 is 0 Å². The van der Waals surface area contributed by atoms with Crippen LogP contribution in [0.25, 0.3) is 0 Å². The molecule has 0 fully saturated rings. The van der Waals surface area contributed by atoms with Crippen LogP contribution < -0.4 is 10.6 Å². The first-order valence-electron chi connectivity index (χ1n) is 7.85. The second-order valence-electron chi connectivity index (χ2n) is 5.60. The summed E-state index contributed by atoms with van der Waals surface area (Å²) in [4.78, 5) is 22.8. The lowest BCUT2D eigenvalue weighted by atomic mass is 10.1. The van der Waals surface area contributed by atoms with Gasteiger partial charge in [0.1, 0.15) is 29.8 Å². The van der Waals surface area contributed by atoms with Crippen LogP contribution in [0.2, 0.25) is 0 Å². The monoisotopic (exact) mass is 402 g/mol. The highest BCUT2D eigenvalue weighted by molar-refractivity contribution is 5.96. The molecule has 0 aliphatic heterocycles. The van der Waals surface area contributed by atoms with Crippen molar-refractivity contribution < 1.29 is 36.3 Å². The molecule has 2 N–H and O–H groups in total. The van der Waals surface area contributed by atoms with Crippen molar-refractivity contribution in [3.63, 3.8) is 0 Å². The smallest absolute Gasteiger partial charge is 0.412 e. The Kier molecular flexibility index (Phi) is 6.55. The van der Waals surface area contributed by atoms with E-state index in [2.05, 4.69) is 4.74 Å². The fourth-order valence-corrected chi connectivity index (χ4v) is 2.35. The third-order valence-corrected chi connectivity index (χ3v) is 3.66. The van der Waals surface area contributed by atoms with Gasteiger partial charge in [-0.15, -0.1) is 0 Å². The molecule has 10 heteroatoms. The number of hydrogen-bond acceptors (Lipinski definition) is 4. The predicted octanol–water partition coefficient (Wildman–Crippen LogP) is 3.58. The van der Waals surface area contributed by atoms with Gasteiger partial charge >= 0.3 is 12.1 Å². The molecule has 0 heterocycles. The molecule has 150 valence electrons. The van der Waals surface area contributed by atoms with Gasteiger partial charge in [-0.3, -0.25) is 9.59 Å². The first-order chi connectivity index (χ1) is 13.1. The Morgan fingerprint density at radius 3 is 2.14 bits per heavy atom. The first-order valence-corrected chi connectivity index (χ1v) is 7.85. The number of hydrogen-bond donors (Lipinski definition) is 2. The summed E-state index contributed by atoms with van der Waals surface area (Å²) in [5.74, 6) is -4.87. The summed E-state index contributed by atoms with van der Waals surface area (Å²) in [6.45, 7) is -0.627. The molecule has 0 radical (unpaired) electrons. The van der Waals surface area contributed by atoms with Gasteiger partial charge in [0.05, 0.1) is 7.11 Å². The van der Waals surface area contributed by atoms with E-state index in [0.717, 1.165) is 7.11 Å². The highest BCUT2D eigenvalue weighted by Gasteiger charge is 2.41. The van der Waals surface area contributed by atoms with Gasteiger partial charge in [0.2, 0.25) is 0 Å². The molecule has 1 amide bonds. The minimum absolute atomic E-state index is 0.157. The number of halogens is 5. The number of carbonyl (C=O) groups is 2. The molecule has 1 unspecified atom stereocenters. The molecular formula is C18H15F5N2O3. The SMILES string of the molecule is COC(=O)CNC(=O)c1c(F)cc(NC(c2ccccc2)C(F)(F)F)cc1F. The number of alkyl halides is 3. The van der Waals surface area contributed by atoms with Gasteiger partial charge in [0.25, 0.3) is 5.91 Å². The fourth-order valence-electron chi connectivity index (χ4n) is 2.35. The zero-order valence-electron chi connectivity index (χ0n) is 14.4. The summed E-state index contributed by atoms with van der Waals surface area (Å²) < 4.78 is 72.7. The average Bonchev–Trinajstić information content (AvgIpc) is 2.63. The molecule has 2 rings (SSSR count). The number of rotatable bonds is 6. The van der Waals surface area contributed by atoms with Gasteiger partial charge in [-0.1, -0.05) is 30.3 Å². The molecule has 0 aliphatic carbocycles. The molecule has 1 atom stereocenters. The number of benzene rings is 2. The lowest BCUT2D eigenvalue weighted by Gasteiger charge is -2.23. The Hall–Kier alpha value is -3.17. The van der Waals surface area contributed by atoms with Crippen LogP contribution in [0.3, 0.4) is 0 Å². The normalized spacial score (nSPS) is 12.2. The predicted molar refractivity (Wildman–Crippen MR) is 89.6 cm³/mol. The topological polar surface area (TPSA) is 67.4 Å². The Morgan fingerprint density at radius 2 is 1.64 bits per heavy atom. The van der Waals surface area contributed by atoms with E-state index in [1.165, 1.54) is 30.3 Å². The Bertz CT molecular complexity index is 833. The van der Waals surface area contributed by atoms with Gasteiger partial charge in [-0.05, 0) is 17.7 Å². The van der Waals surface area contributed by atoms with Gasteiger partial charge < -0.3 is 15.4 Å². The van der Waals surface area contributed by atoms with Gasteiger partial charge in [0, 0.05) is 5.69 Å². The molecule has 28 heavy (non-hydrogen) atoms. The van der Waals surface area contributed by atoms with E-state index < -0.39 is 53.5 Å². The third kappa shape index (κ3) is 5.18. The van der Waals surface area contributed by atoms with Crippen LogP contribution in [0.15, 0.2) is 42.5 Å². The second-order valence-corrected chi connectivity index (χ2v) is 5.60. The zero-order chi connectivity index (χ0) is 20.9. The van der Waals surface area contributed by atoms with Crippen molar-refractivity contribution in [1.29, 1.82) is 0 Å². The molecule has 0 saturated carbocycles. The molecular weight excluding hydrogens is 387 g/mol. The summed E-state index contributed by atoms with van der Waals surface area (Å²) in [5.41, 5.74) is -1.70. The Balaban J connectivity index is 2.27. The van der Waals surface area contributed by atoms with Crippen LogP contribution in [0.5, 0.6) is 0 Å². The van der Waals surface area contributed by atoms with Gasteiger partial charge in [-0.2, -0.15) is 13.2 Å². The van der Waals surface area contributed by atoms with Crippen molar-refractivity contribution in [2.75, 3.05) is 19.0 Å². The molecule has 0 aliphatic rings. The number of methoxy groups -OCH3 is 1. The van der Waals surface area contributed by atoms with Gasteiger partial charge in [-0.25, -0.2) is 8.78 Å². The largest absolute Gasteiger partial charge is 0.468 e. The van der Waals surface area contributed by atoms with Gasteiger partial charge in [0.15, 0.2) is 0 Å². The van der Waals surface area contributed by atoms with E-state index in [4.69, 9.17) is 0 Å². The van der Waals surface area contributed by atoms with Crippen LogP contribution >= 0.6 is 0 Å². The molecule has 2 aromatic rings. The Morgan fingerprint density at radius 1 is 1.07 bits per heavy atom. The highest BCUT2D eigenvalue weighted by Crippen LogP contribution is 2.36. The quantitative estimate of drug-likeness (QED) is 0.573. The molecule has 0 spiro atoms. The van der Waals surface area contributed by atoms with Crippen molar-refractivity contribution in [2.24, 2.45) is 0 Å². The van der Waals surface area contributed by atoms with Crippen LogP contribution in [0, 0.1) is 11.6 Å². The van der Waals surface area contributed by atoms with Crippen LogP contribution in [0.4, 0.5) is 27.6 Å². The number of carbonyl (C=O) groups excluding carboxylic acids is 2. The maximum absolute atomic E-state index is 14.2. The standard InChI is InChI=1S/C18H15F5N2O3/c1-28-14(26)9-24-17(27)15-12(19)7-11(8-13(15)20)25-16(18(21,22)23)10-5-3-2-4-6-10/h2-8,16,25H,9H2,1H3,(H,24,27). The maximum Gasteiger partial charge on any atom is 0.412 e. The summed E-state index contributed by atoms with van der Waals surface area (Å²) in [6, 6.07) is 5.66. The lowest BCUT2D eigenvalue weighted by molar-refractivity contribution is -0.144. The summed E-state index contributed by atoms with van der Waals surface area (Å²) in [7, 11) is 1.06. The summed E-state index contributed by atoms with van der Waals surface area (Å²) >= 11 is 0. The second kappa shape index (κ2) is 8.68. The summed E-state index contributed by atoms with van der Waals surface area (Å²) in [6.07, 6.45) is -4.75. The van der Waals surface area contributed by atoms with Crippen LogP contribution in [-0.4, -0.2) is 31.7 Å². The van der Waals surface area contributed by atoms with Crippen LogP contribution in [0.1, 0.15) is 22.0 Å². The molecule has 5 nitrogen and oxygen atoms in total. The highest BCUT2D eigenvalue weighted by atomic mass is 19.4. The van der Waals surface area contributed by atoms with Crippen molar-refractivity contribution in [1.82, 2.24) is 5.32 Å².